The van der Waals surface area contributed by atoms with Gasteiger partial charge in [0.2, 0.25) is 0 Å². The number of hydrogen-bond acceptors (Lipinski definition) is 5. The van der Waals surface area contributed by atoms with Crippen LogP contribution < -0.4 is 20.1 Å². The van der Waals surface area contributed by atoms with E-state index >= 15 is 0 Å². The molecule has 0 unspecified atom stereocenters. The van der Waals surface area contributed by atoms with Crippen molar-refractivity contribution in [2.45, 2.75) is 13.8 Å². The number of nitrogens with one attached hydrogen (secondary N) is 1. The summed E-state index contributed by atoms with van der Waals surface area (Å²) in [6.07, 6.45) is 1.71. The van der Waals surface area contributed by atoms with Crippen LogP contribution in [0.5, 0.6) is 0 Å². The van der Waals surface area contributed by atoms with E-state index in [0.29, 0.717) is 21.8 Å². The highest BCUT2D eigenvalue weighted by atomic mass is 35.5. The van der Waals surface area contributed by atoms with Crippen molar-refractivity contribution in [3.05, 3.63) is 83.7 Å². The molecule has 1 N–H and O–H groups in total. The molecule has 0 atom stereocenters. The minimum Gasteiger partial charge on any atom is -0.383 e. The molecule has 3 aromatic rings. The van der Waals surface area contributed by atoms with Crippen LogP contribution in [-0.4, -0.2) is 30.7 Å². The molecule has 1 heterocycles. The molecule has 2 aromatic carbocycles. The van der Waals surface area contributed by atoms with Crippen LogP contribution in [0.4, 0.5) is 0 Å². The summed E-state index contributed by atoms with van der Waals surface area (Å²) in [6.45, 7) is 4.34. The topological polar surface area (TPSA) is 84.1 Å². The van der Waals surface area contributed by atoms with Crippen LogP contribution in [-0.2, 0) is 9.53 Å². The van der Waals surface area contributed by atoms with Gasteiger partial charge in [-0.25, -0.2) is 0 Å². The van der Waals surface area contributed by atoms with Crippen molar-refractivity contribution in [1.82, 2.24) is 9.88 Å². The van der Waals surface area contributed by atoms with Gasteiger partial charge in [-0.05, 0) is 48.7 Å². The van der Waals surface area contributed by atoms with E-state index in [0.717, 1.165) is 28.0 Å². The van der Waals surface area contributed by atoms with Gasteiger partial charge in [0.1, 0.15) is 10.7 Å². The fourth-order valence-corrected chi connectivity index (χ4v) is 4.60. The summed E-state index contributed by atoms with van der Waals surface area (Å²) in [4.78, 5) is 26.3. The fraction of sp³-hybridized carbons (Fsp3) is 0.208. The van der Waals surface area contributed by atoms with Crippen LogP contribution in [0, 0.1) is 25.2 Å². The number of aromatic nitrogens is 1. The Labute approximate surface area is 194 Å². The lowest BCUT2D eigenvalue weighted by Crippen LogP contribution is -2.35. The van der Waals surface area contributed by atoms with E-state index < -0.39 is 5.91 Å². The van der Waals surface area contributed by atoms with Gasteiger partial charge in [0.05, 0.1) is 16.8 Å². The second-order valence-corrected chi connectivity index (χ2v) is 8.55. The number of methoxy groups -OCH3 is 1. The molecule has 0 saturated heterocycles. The Balaban J connectivity index is 2.37. The number of carbonyl (C=O) groups excluding carboxylic acids is 1. The first-order valence-corrected chi connectivity index (χ1v) is 11.0. The minimum atomic E-state index is -0.555. The van der Waals surface area contributed by atoms with Crippen molar-refractivity contribution in [3.63, 3.8) is 0 Å². The van der Waals surface area contributed by atoms with E-state index in [1.807, 2.05) is 44.2 Å². The zero-order valence-corrected chi connectivity index (χ0v) is 19.5. The summed E-state index contributed by atoms with van der Waals surface area (Å²) in [5.74, 6) is -0.555. The second kappa shape index (κ2) is 10.4. The van der Waals surface area contributed by atoms with Gasteiger partial charge in [0, 0.05) is 18.7 Å². The number of para-hydroxylation sites is 1. The lowest BCUT2D eigenvalue weighted by Gasteiger charge is -2.11. The maximum Gasteiger partial charge on any atom is 0.273 e. The van der Waals surface area contributed by atoms with Crippen molar-refractivity contribution in [2.75, 3.05) is 20.3 Å². The zero-order chi connectivity index (χ0) is 23.3. The maximum absolute atomic E-state index is 13.5. The summed E-state index contributed by atoms with van der Waals surface area (Å²) < 4.78 is 7.09. The van der Waals surface area contributed by atoms with Crippen molar-refractivity contribution in [3.8, 4) is 11.8 Å². The molecule has 8 heteroatoms. The molecule has 164 valence electrons. The summed E-state index contributed by atoms with van der Waals surface area (Å²) in [7, 11) is 1.52. The lowest BCUT2D eigenvalue weighted by atomic mass is 10.1. The van der Waals surface area contributed by atoms with Gasteiger partial charge in [-0.2, -0.15) is 5.26 Å². The molecule has 0 radical (unpaired) electrons. The van der Waals surface area contributed by atoms with Gasteiger partial charge < -0.3 is 10.1 Å². The van der Waals surface area contributed by atoms with Crippen LogP contribution >= 0.6 is 22.9 Å². The molecule has 3 rings (SSSR count). The highest BCUT2D eigenvalue weighted by Gasteiger charge is 2.18. The number of ether oxygens (including phenoxy) is 1. The van der Waals surface area contributed by atoms with Gasteiger partial charge in [-0.3, -0.25) is 14.2 Å². The van der Waals surface area contributed by atoms with E-state index in [-0.39, 0.29) is 22.3 Å². The molecular formula is C24H22ClN3O3S. The van der Waals surface area contributed by atoms with E-state index in [4.69, 9.17) is 16.3 Å². The van der Waals surface area contributed by atoms with Crippen LogP contribution in [0.15, 0.2) is 47.3 Å². The van der Waals surface area contributed by atoms with E-state index in [2.05, 4.69) is 5.32 Å². The highest BCUT2D eigenvalue weighted by Crippen LogP contribution is 2.16. The third kappa shape index (κ3) is 5.00. The number of nitrogens with zero attached hydrogens (tertiary/aromatic N) is 2. The smallest absolute Gasteiger partial charge is 0.273 e. The summed E-state index contributed by atoms with van der Waals surface area (Å²) in [5, 5.41) is 13.0. The van der Waals surface area contributed by atoms with Crippen LogP contribution in [0.3, 0.4) is 0 Å². The van der Waals surface area contributed by atoms with Crippen LogP contribution in [0.1, 0.15) is 16.7 Å². The van der Waals surface area contributed by atoms with Gasteiger partial charge in [0.15, 0.2) is 5.57 Å². The number of rotatable bonds is 6. The Kier molecular flexibility index (Phi) is 7.65. The van der Waals surface area contributed by atoms with Crippen molar-refractivity contribution in [1.29, 1.82) is 5.26 Å². The molecule has 0 aliphatic rings. The number of carbonyl (C=O) groups is 1. The molecule has 0 bridgehead atoms. The number of hydrogen-bond donors (Lipinski definition) is 1. The Bertz CT molecular complexity index is 1360. The zero-order valence-electron chi connectivity index (χ0n) is 17.9. The molecule has 0 spiro atoms. The maximum atomic E-state index is 13.5. The van der Waals surface area contributed by atoms with Gasteiger partial charge in [-0.15, -0.1) is 11.3 Å². The van der Waals surface area contributed by atoms with Crippen molar-refractivity contribution < 1.29 is 9.53 Å². The van der Waals surface area contributed by atoms with Gasteiger partial charge in [-0.1, -0.05) is 41.9 Å². The number of thiazole rings is 1. The largest absolute Gasteiger partial charge is 0.383 e. The number of halogens is 1. The first-order chi connectivity index (χ1) is 15.4. The molecule has 0 saturated carbocycles. The number of benzene rings is 2. The Hall–Kier alpha value is -3.18. The highest BCUT2D eigenvalue weighted by molar-refractivity contribution is 7.07. The quantitative estimate of drug-likeness (QED) is 0.564. The Morgan fingerprint density at radius 2 is 1.94 bits per heavy atom. The van der Waals surface area contributed by atoms with E-state index in [9.17, 15) is 14.9 Å². The summed E-state index contributed by atoms with van der Waals surface area (Å²) in [5.41, 5.74) is 2.69. The normalized spacial score (nSPS) is 12.4. The molecule has 32 heavy (non-hydrogen) atoms. The predicted molar refractivity (Wildman–Crippen MR) is 128 cm³/mol. The fourth-order valence-electron chi connectivity index (χ4n) is 3.31. The van der Waals surface area contributed by atoms with Gasteiger partial charge >= 0.3 is 0 Å². The monoisotopic (exact) mass is 467 g/mol. The predicted octanol–water partition coefficient (Wildman–Crippen LogP) is 2.43. The molecule has 1 amide bonds. The second-order valence-electron chi connectivity index (χ2n) is 7.09. The molecule has 0 aliphatic heterocycles. The summed E-state index contributed by atoms with van der Waals surface area (Å²) >= 11 is 7.19. The number of nitriles is 1. The summed E-state index contributed by atoms with van der Waals surface area (Å²) in [6, 6.07) is 14.8. The number of amides is 1. The SMILES string of the molecule is COCCNC(=O)/C(C#N)=c1\s/c(=C\c2cccc(Cl)c2)c(=O)n1-c1c(C)cccc1C. The Morgan fingerprint density at radius 1 is 1.25 bits per heavy atom. The number of aryl methyl sites for hydroxylation is 2. The molecular weight excluding hydrogens is 446 g/mol. The van der Waals surface area contributed by atoms with E-state index in [1.165, 1.54) is 11.7 Å². The van der Waals surface area contributed by atoms with Crippen molar-refractivity contribution >= 4 is 40.5 Å². The first-order valence-electron chi connectivity index (χ1n) is 9.84. The van der Waals surface area contributed by atoms with Crippen molar-refractivity contribution in [2.24, 2.45) is 0 Å². The lowest BCUT2D eigenvalue weighted by molar-refractivity contribution is -0.115. The Morgan fingerprint density at radius 3 is 2.56 bits per heavy atom. The van der Waals surface area contributed by atoms with Crippen LogP contribution in [0.25, 0.3) is 17.3 Å². The third-order valence-corrected chi connectivity index (χ3v) is 6.11. The standard InChI is InChI=1S/C24H22ClN3O3S/c1-15-6-4-7-16(2)21(15)28-23(30)20(13-17-8-5-9-18(25)12-17)32-24(28)19(14-26)22(29)27-10-11-31-3/h4-9,12-13H,10-11H2,1-3H3,(H,27,29)/b20-13-,24-19-. The molecule has 1 aromatic heterocycles. The molecule has 0 fully saturated rings. The molecule has 0 aliphatic carbocycles. The average molecular weight is 468 g/mol. The van der Waals surface area contributed by atoms with Gasteiger partial charge in [0.25, 0.3) is 11.5 Å². The van der Waals surface area contributed by atoms with Crippen LogP contribution in [0.2, 0.25) is 5.02 Å². The minimum absolute atomic E-state index is 0.128. The average Bonchev–Trinajstić information content (AvgIpc) is 3.05. The van der Waals surface area contributed by atoms with E-state index in [1.54, 1.807) is 24.3 Å². The molecule has 6 nitrogen and oxygen atoms in total. The first kappa shape index (κ1) is 23.5. The third-order valence-electron chi connectivity index (χ3n) is 4.78.